The Kier molecular flexibility index (Phi) is 1.60. The fourth-order valence-electron chi connectivity index (χ4n) is 0.826. The second kappa shape index (κ2) is 2.05. The maximum atomic E-state index is 5.38. The summed E-state index contributed by atoms with van der Waals surface area (Å²) in [6.45, 7) is 0.828. The van der Waals surface area contributed by atoms with Crippen molar-refractivity contribution in [1.82, 2.24) is 0 Å². The first kappa shape index (κ1) is 5.45. The Morgan fingerprint density at radius 3 is 2.29 bits per heavy atom. The lowest BCUT2D eigenvalue weighted by Crippen LogP contribution is -2.32. The Bertz CT molecular complexity index is 63.1. The lowest BCUT2D eigenvalue weighted by molar-refractivity contribution is 0.343. The van der Waals surface area contributed by atoms with Crippen LogP contribution >= 0.6 is 12.6 Å². The van der Waals surface area contributed by atoms with Gasteiger partial charge >= 0.3 is 0 Å². The van der Waals surface area contributed by atoms with Crippen LogP contribution in [0.1, 0.15) is 12.8 Å². The second-order valence-corrected chi connectivity index (χ2v) is 2.80. The van der Waals surface area contributed by atoms with Crippen LogP contribution in [-0.4, -0.2) is 11.8 Å². The molecule has 1 rings (SSSR count). The van der Waals surface area contributed by atoms with E-state index in [0.717, 1.165) is 12.5 Å². The molecule has 0 aromatic rings. The molecular formula is C5H11NS. The first-order valence-corrected chi connectivity index (χ1v) is 3.24. The van der Waals surface area contributed by atoms with E-state index in [2.05, 4.69) is 12.6 Å². The summed E-state index contributed by atoms with van der Waals surface area (Å²) in [5.74, 6) is 0.725. The van der Waals surface area contributed by atoms with Gasteiger partial charge in [-0.05, 0) is 25.3 Å². The highest BCUT2D eigenvalue weighted by molar-refractivity contribution is 7.81. The normalized spacial score (nSPS) is 40.3. The van der Waals surface area contributed by atoms with Gasteiger partial charge in [0.25, 0.3) is 0 Å². The fourth-order valence-corrected chi connectivity index (χ4v) is 1.25. The predicted molar refractivity (Wildman–Crippen MR) is 34.6 cm³/mol. The van der Waals surface area contributed by atoms with Crippen molar-refractivity contribution < 1.29 is 0 Å². The van der Waals surface area contributed by atoms with Gasteiger partial charge in [-0.15, -0.1) is 0 Å². The van der Waals surface area contributed by atoms with Gasteiger partial charge in [-0.1, -0.05) is 0 Å². The Morgan fingerprint density at radius 2 is 2.29 bits per heavy atom. The molecular weight excluding hydrogens is 106 g/mol. The fraction of sp³-hybridized carbons (Fsp3) is 1.00. The molecule has 1 saturated carbocycles. The van der Waals surface area contributed by atoms with E-state index in [1.54, 1.807) is 0 Å². The summed E-state index contributed by atoms with van der Waals surface area (Å²) in [6, 6.07) is 0. The molecule has 0 aromatic carbocycles. The predicted octanol–water partition coefficient (Wildman–Crippen LogP) is 0.654. The van der Waals surface area contributed by atoms with E-state index >= 15 is 0 Å². The van der Waals surface area contributed by atoms with E-state index in [9.17, 15) is 0 Å². The SMILES string of the molecule is NC[C@@H]1CC[C@@H]1S. The Labute approximate surface area is 49.7 Å². The molecule has 7 heavy (non-hydrogen) atoms. The molecule has 0 bridgehead atoms. The summed E-state index contributed by atoms with van der Waals surface area (Å²) >= 11 is 4.28. The zero-order chi connectivity index (χ0) is 5.28. The molecule has 0 aromatic heterocycles. The van der Waals surface area contributed by atoms with Crippen LogP contribution in [0.25, 0.3) is 0 Å². The largest absolute Gasteiger partial charge is 0.330 e. The van der Waals surface area contributed by atoms with Crippen LogP contribution in [0.3, 0.4) is 0 Å². The average molecular weight is 117 g/mol. The zero-order valence-corrected chi connectivity index (χ0v) is 5.20. The summed E-state index contributed by atoms with van der Waals surface area (Å²) in [5.41, 5.74) is 5.38. The molecule has 0 radical (unpaired) electrons. The molecule has 1 aliphatic rings. The quantitative estimate of drug-likeness (QED) is 0.485. The second-order valence-electron chi connectivity index (χ2n) is 2.14. The standard InChI is InChI=1S/C5H11NS/c6-3-4-1-2-5(4)7/h4-5,7H,1-3,6H2/t4-,5-/m0/s1. The van der Waals surface area contributed by atoms with Crippen molar-refractivity contribution in [2.75, 3.05) is 6.54 Å². The van der Waals surface area contributed by atoms with Gasteiger partial charge in [0.05, 0.1) is 0 Å². The number of hydrogen-bond acceptors (Lipinski definition) is 2. The minimum Gasteiger partial charge on any atom is -0.330 e. The van der Waals surface area contributed by atoms with Crippen LogP contribution < -0.4 is 5.73 Å². The number of thiol groups is 1. The van der Waals surface area contributed by atoms with Gasteiger partial charge in [-0.25, -0.2) is 0 Å². The summed E-state index contributed by atoms with van der Waals surface area (Å²) in [4.78, 5) is 0. The zero-order valence-electron chi connectivity index (χ0n) is 4.30. The topological polar surface area (TPSA) is 26.0 Å². The molecule has 1 aliphatic carbocycles. The molecule has 0 saturated heterocycles. The third kappa shape index (κ3) is 0.916. The Hall–Kier alpha value is 0.310. The van der Waals surface area contributed by atoms with E-state index < -0.39 is 0 Å². The van der Waals surface area contributed by atoms with Gasteiger partial charge < -0.3 is 5.73 Å². The van der Waals surface area contributed by atoms with Crippen LogP contribution in [0.2, 0.25) is 0 Å². The molecule has 0 amide bonds. The van der Waals surface area contributed by atoms with E-state index in [-0.39, 0.29) is 0 Å². The minimum absolute atomic E-state index is 0.616. The maximum Gasteiger partial charge on any atom is 0.00572 e. The smallest absolute Gasteiger partial charge is 0.00572 e. The van der Waals surface area contributed by atoms with Crippen molar-refractivity contribution in [3.8, 4) is 0 Å². The van der Waals surface area contributed by atoms with E-state index in [4.69, 9.17) is 5.73 Å². The van der Waals surface area contributed by atoms with E-state index in [1.807, 2.05) is 0 Å². The molecule has 42 valence electrons. The van der Waals surface area contributed by atoms with Gasteiger partial charge in [-0.2, -0.15) is 12.6 Å². The van der Waals surface area contributed by atoms with Crippen molar-refractivity contribution in [1.29, 1.82) is 0 Å². The van der Waals surface area contributed by atoms with Gasteiger partial charge in [-0.3, -0.25) is 0 Å². The van der Waals surface area contributed by atoms with Gasteiger partial charge in [0.2, 0.25) is 0 Å². The van der Waals surface area contributed by atoms with Gasteiger partial charge in [0.1, 0.15) is 0 Å². The van der Waals surface area contributed by atoms with Crippen molar-refractivity contribution >= 4 is 12.6 Å². The van der Waals surface area contributed by atoms with Crippen molar-refractivity contribution in [3.63, 3.8) is 0 Å². The summed E-state index contributed by atoms with van der Waals surface area (Å²) in [5, 5.41) is 0.616. The lowest BCUT2D eigenvalue weighted by Gasteiger charge is -2.31. The highest BCUT2D eigenvalue weighted by Gasteiger charge is 2.25. The minimum atomic E-state index is 0.616. The first-order valence-electron chi connectivity index (χ1n) is 2.72. The molecule has 0 spiro atoms. The number of nitrogens with two attached hydrogens (primary N) is 1. The van der Waals surface area contributed by atoms with Crippen LogP contribution in [0, 0.1) is 5.92 Å². The van der Waals surface area contributed by atoms with Crippen LogP contribution in [0.4, 0.5) is 0 Å². The highest BCUT2D eigenvalue weighted by atomic mass is 32.1. The monoisotopic (exact) mass is 117 g/mol. The van der Waals surface area contributed by atoms with Crippen LogP contribution in [0.15, 0.2) is 0 Å². The number of hydrogen-bond donors (Lipinski definition) is 2. The molecule has 0 unspecified atom stereocenters. The third-order valence-corrected chi connectivity index (χ3v) is 2.36. The Morgan fingerprint density at radius 1 is 1.57 bits per heavy atom. The summed E-state index contributed by atoms with van der Waals surface area (Å²) in [7, 11) is 0. The molecule has 1 nitrogen and oxygen atoms in total. The Balaban J connectivity index is 2.16. The lowest BCUT2D eigenvalue weighted by atomic mass is 9.85. The third-order valence-electron chi connectivity index (χ3n) is 1.68. The molecule has 2 atom stereocenters. The van der Waals surface area contributed by atoms with Crippen molar-refractivity contribution in [3.05, 3.63) is 0 Å². The average Bonchev–Trinajstić information content (AvgIpc) is 1.65. The molecule has 0 aliphatic heterocycles. The van der Waals surface area contributed by atoms with Crippen LogP contribution in [0.5, 0.6) is 0 Å². The summed E-state index contributed by atoms with van der Waals surface area (Å²) in [6.07, 6.45) is 2.57. The first-order chi connectivity index (χ1) is 3.34. The van der Waals surface area contributed by atoms with Crippen molar-refractivity contribution in [2.24, 2.45) is 11.7 Å². The number of rotatable bonds is 1. The summed E-state index contributed by atoms with van der Waals surface area (Å²) < 4.78 is 0. The van der Waals surface area contributed by atoms with E-state index in [0.29, 0.717) is 5.25 Å². The molecule has 0 heterocycles. The maximum absolute atomic E-state index is 5.38. The molecule has 2 N–H and O–H groups in total. The highest BCUT2D eigenvalue weighted by Crippen LogP contribution is 2.30. The van der Waals surface area contributed by atoms with Crippen molar-refractivity contribution in [2.45, 2.75) is 18.1 Å². The van der Waals surface area contributed by atoms with Gasteiger partial charge in [0.15, 0.2) is 0 Å². The van der Waals surface area contributed by atoms with E-state index in [1.165, 1.54) is 12.8 Å². The van der Waals surface area contributed by atoms with Gasteiger partial charge in [0, 0.05) is 5.25 Å². The molecule has 1 fully saturated rings. The van der Waals surface area contributed by atoms with Crippen LogP contribution in [-0.2, 0) is 0 Å². The molecule has 2 heteroatoms.